The molecular weight excluding hydrogens is 799 g/mol. The van der Waals surface area contributed by atoms with E-state index in [2.05, 4.69) is 204 Å². The summed E-state index contributed by atoms with van der Waals surface area (Å²) in [4.78, 5) is 0. The summed E-state index contributed by atoms with van der Waals surface area (Å²) in [5.74, 6) is 0. The van der Waals surface area contributed by atoms with Gasteiger partial charge in [0, 0.05) is 0 Å². The second-order valence-corrected chi connectivity index (χ2v) is 16.9. The molecule has 0 bridgehead atoms. The topological polar surface area (TPSA) is 0 Å². The standard InChI is InChI=1S/C44H32P2.C6H6.ClH.Ru/c1-5-19-35(20-6-1)45(36-21-7-2-8-22-36)41-31-29-33-17-13-15-27-39(33)43(41)44-40-28-16-14-18-34(40)30-32-42(44)46(37-23-9-3-10-24-37)38-25-11-4-12-26-38;1-2-4-6-5-3-1;;/h1-32H;1-6H;1H;/q;;;+1/p-1. The fourth-order valence-corrected chi connectivity index (χ4v) is 11.9. The SMILES string of the molecule is [Cl][Ru].c1ccc(P(c2ccccc2)c2ccc3ccccc3c2-c2c(P(c3ccccc3)c3ccccc3)ccc3ccccc23)cc1.c1ccccc1. The third kappa shape index (κ3) is 8.48. The first-order valence-corrected chi connectivity index (χ1v) is 22.8. The first-order chi connectivity index (χ1) is 26.9. The van der Waals surface area contributed by atoms with Gasteiger partial charge in [-0.05, 0) is 80.3 Å². The summed E-state index contributed by atoms with van der Waals surface area (Å²) >= 11 is 1.82. The molecule has 0 aliphatic carbocycles. The van der Waals surface area contributed by atoms with Crippen molar-refractivity contribution in [3.8, 4) is 11.1 Å². The summed E-state index contributed by atoms with van der Waals surface area (Å²) < 4.78 is 0. The van der Waals surface area contributed by atoms with Gasteiger partial charge in [0.25, 0.3) is 0 Å². The van der Waals surface area contributed by atoms with Crippen molar-refractivity contribution in [3.63, 3.8) is 0 Å². The molecule has 0 aliphatic rings. The van der Waals surface area contributed by atoms with E-state index in [9.17, 15) is 0 Å². The summed E-state index contributed by atoms with van der Waals surface area (Å²) in [6, 6.07) is 83.8. The van der Waals surface area contributed by atoms with Crippen LogP contribution in [0, 0.1) is 0 Å². The largest absolute Gasteiger partial charge is 0.0623 e. The summed E-state index contributed by atoms with van der Waals surface area (Å²) in [6.07, 6.45) is 0. The molecule has 0 amide bonds. The Labute approximate surface area is 335 Å². The quantitative estimate of drug-likeness (QED) is 0.111. The molecule has 0 unspecified atom stereocenters. The van der Waals surface area contributed by atoms with Crippen LogP contribution in [0.3, 0.4) is 0 Å². The molecule has 0 atom stereocenters. The average Bonchev–Trinajstić information content (AvgIpc) is 3.27. The molecule has 0 radical (unpaired) electrons. The van der Waals surface area contributed by atoms with Crippen LogP contribution in [0.4, 0.5) is 0 Å². The van der Waals surface area contributed by atoms with Crippen LogP contribution in [0.15, 0.2) is 231 Å². The van der Waals surface area contributed by atoms with Crippen LogP contribution in [0.5, 0.6) is 0 Å². The Hall–Kier alpha value is -4.73. The Kier molecular flexibility index (Phi) is 13.3. The maximum absolute atomic E-state index is 4.57. The second-order valence-electron chi connectivity index (χ2n) is 12.5. The zero-order chi connectivity index (χ0) is 37.0. The van der Waals surface area contributed by atoms with E-state index in [1.807, 2.05) is 53.7 Å². The number of hydrogen-bond donors (Lipinski definition) is 0. The van der Waals surface area contributed by atoms with Crippen molar-refractivity contribution in [1.29, 1.82) is 0 Å². The number of benzene rings is 9. The van der Waals surface area contributed by atoms with E-state index in [0.717, 1.165) is 0 Å². The Morgan fingerprint density at radius 2 is 0.500 bits per heavy atom. The van der Waals surface area contributed by atoms with E-state index in [1.54, 1.807) is 0 Å². The zero-order valence-corrected chi connectivity index (χ0v) is 33.8. The maximum atomic E-state index is 4.57. The molecule has 0 aromatic heterocycles. The van der Waals surface area contributed by atoms with Crippen molar-refractivity contribution in [1.82, 2.24) is 0 Å². The Bertz CT molecular complexity index is 2240. The van der Waals surface area contributed by atoms with Crippen LogP contribution in [0.1, 0.15) is 0 Å². The normalized spacial score (nSPS) is 10.7. The first-order valence-electron chi connectivity index (χ1n) is 17.8. The Morgan fingerprint density at radius 3 is 0.796 bits per heavy atom. The van der Waals surface area contributed by atoms with Crippen LogP contribution in [-0.2, 0) is 17.3 Å². The van der Waals surface area contributed by atoms with Gasteiger partial charge in [0.1, 0.15) is 0 Å². The van der Waals surface area contributed by atoms with Crippen LogP contribution < -0.4 is 31.8 Å². The van der Waals surface area contributed by atoms with E-state index in [-0.39, 0.29) is 0 Å². The first kappa shape index (κ1) is 37.6. The molecule has 0 saturated heterocycles. The van der Waals surface area contributed by atoms with Crippen LogP contribution in [-0.4, -0.2) is 0 Å². The number of hydrogen-bond acceptors (Lipinski definition) is 0. The fraction of sp³-hybridized carbons (Fsp3) is 0. The third-order valence-corrected chi connectivity index (χ3v) is 14.2. The predicted octanol–water partition coefficient (Wildman–Crippen LogP) is 11.5. The zero-order valence-electron chi connectivity index (χ0n) is 29.6. The molecular formula is C50H38ClP2Ru. The van der Waals surface area contributed by atoms with E-state index >= 15 is 0 Å². The van der Waals surface area contributed by atoms with Gasteiger partial charge in [-0.2, -0.15) is 0 Å². The van der Waals surface area contributed by atoms with Crippen LogP contribution in [0.2, 0.25) is 0 Å². The summed E-state index contributed by atoms with van der Waals surface area (Å²) in [5, 5.41) is 13.3. The molecule has 263 valence electrons. The van der Waals surface area contributed by atoms with Crippen LogP contribution >= 0.6 is 25.5 Å². The Balaban J connectivity index is 0.000000508. The molecule has 0 saturated carbocycles. The van der Waals surface area contributed by atoms with E-state index < -0.39 is 15.8 Å². The molecule has 4 heteroatoms. The van der Waals surface area contributed by atoms with Crippen molar-refractivity contribution in [3.05, 3.63) is 231 Å². The minimum atomic E-state index is -0.852. The van der Waals surface area contributed by atoms with Gasteiger partial charge < -0.3 is 0 Å². The van der Waals surface area contributed by atoms with Crippen molar-refractivity contribution >= 4 is 78.9 Å². The van der Waals surface area contributed by atoms with Gasteiger partial charge >= 0.3 is 27.0 Å². The van der Waals surface area contributed by atoms with Gasteiger partial charge in [-0.3, -0.25) is 0 Å². The van der Waals surface area contributed by atoms with Gasteiger partial charge in [-0.1, -0.05) is 231 Å². The molecule has 9 aromatic carbocycles. The molecule has 0 nitrogen and oxygen atoms in total. The molecule has 9 rings (SSSR count). The van der Waals surface area contributed by atoms with Gasteiger partial charge in [-0.15, -0.1) is 0 Å². The molecule has 0 aliphatic heterocycles. The van der Waals surface area contributed by atoms with E-state index in [1.165, 1.54) is 64.5 Å². The molecule has 9 aromatic rings. The number of halogens is 1. The maximum Gasteiger partial charge on any atom is -0.000884 e. The van der Waals surface area contributed by atoms with Crippen molar-refractivity contribution in [2.45, 2.75) is 0 Å². The predicted molar refractivity (Wildman–Crippen MR) is 237 cm³/mol. The summed E-state index contributed by atoms with van der Waals surface area (Å²) in [6.45, 7) is 0. The van der Waals surface area contributed by atoms with Crippen molar-refractivity contribution < 1.29 is 17.3 Å². The average molecular weight is 837 g/mol. The van der Waals surface area contributed by atoms with Gasteiger partial charge in [0.2, 0.25) is 0 Å². The summed E-state index contributed by atoms with van der Waals surface area (Å²) in [7, 11) is 2.86. The minimum absolute atomic E-state index is 0.852. The van der Waals surface area contributed by atoms with E-state index in [0.29, 0.717) is 0 Å². The second kappa shape index (κ2) is 19.0. The number of fused-ring (bicyclic) bond motifs is 2. The molecule has 54 heavy (non-hydrogen) atoms. The molecule has 0 spiro atoms. The molecule has 0 fully saturated rings. The van der Waals surface area contributed by atoms with Gasteiger partial charge in [0.05, 0.1) is 0 Å². The van der Waals surface area contributed by atoms with Gasteiger partial charge in [-0.25, -0.2) is 0 Å². The molecule has 0 N–H and O–H groups in total. The minimum Gasteiger partial charge on any atom is -0.0623 e. The summed E-state index contributed by atoms with van der Waals surface area (Å²) in [5.41, 5.74) is 2.70. The monoisotopic (exact) mass is 837 g/mol. The van der Waals surface area contributed by atoms with Crippen molar-refractivity contribution in [2.75, 3.05) is 0 Å². The smallest absolute Gasteiger partial charge is 0.000884 e. The van der Waals surface area contributed by atoms with Crippen molar-refractivity contribution in [2.24, 2.45) is 0 Å². The molecule has 0 heterocycles. The third-order valence-electron chi connectivity index (χ3n) is 9.27. The fourth-order valence-electron chi connectivity index (χ4n) is 6.97. The van der Waals surface area contributed by atoms with E-state index in [4.69, 9.17) is 0 Å². The Morgan fingerprint density at radius 1 is 0.259 bits per heavy atom. The van der Waals surface area contributed by atoms with Crippen LogP contribution in [0.25, 0.3) is 32.7 Å². The number of rotatable bonds is 7. The van der Waals surface area contributed by atoms with Gasteiger partial charge in [0.15, 0.2) is 0 Å².